The zero-order valence-electron chi connectivity index (χ0n) is 9.38. The molecule has 2 N–H and O–H groups in total. The Bertz CT molecular complexity index is 404. The third-order valence-electron chi connectivity index (χ3n) is 3.82. The van der Waals surface area contributed by atoms with Crippen molar-refractivity contribution in [2.75, 3.05) is 13.1 Å². The summed E-state index contributed by atoms with van der Waals surface area (Å²) in [4.78, 5) is 2.33. The first-order valence-electron chi connectivity index (χ1n) is 5.91. The molecule has 1 aromatic rings. The van der Waals surface area contributed by atoms with Gasteiger partial charge in [0.05, 0.1) is 0 Å². The molecule has 0 bridgehead atoms. The van der Waals surface area contributed by atoms with Crippen LogP contribution in [-0.4, -0.2) is 18.0 Å². The van der Waals surface area contributed by atoms with Crippen LogP contribution >= 0.6 is 0 Å². The molecule has 0 amide bonds. The van der Waals surface area contributed by atoms with Crippen molar-refractivity contribution in [3.8, 4) is 0 Å². The quantitative estimate of drug-likeness (QED) is 0.842. The first-order valence-corrected chi connectivity index (χ1v) is 5.91. The van der Waals surface area contributed by atoms with Gasteiger partial charge in [0.15, 0.2) is 0 Å². The highest BCUT2D eigenvalue weighted by molar-refractivity contribution is 5.25. The summed E-state index contributed by atoms with van der Waals surface area (Å²) in [5.41, 5.74) is 7.78. The maximum absolute atomic E-state index is 13.7. The molecule has 1 heterocycles. The predicted molar refractivity (Wildman–Crippen MR) is 61.2 cm³/mol. The Balaban J connectivity index is 1.65. The predicted octanol–water partition coefficient (Wildman–Crippen LogP) is 1.88. The van der Waals surface area contributed by atoms with Gasteiger partial charge in [0.1, 0.15) is 5.82 Å². The van der Waals surface area contributed by atoms with Crippen molar-refractivity contribution in [3.63, 3.8) is 0 Å². The van der Waals surface area contributed by atoms with Crippen molar-refractivity contribution >= 4 is 0 Å². The zero-order chi connectivity index (χ0) is 11.2. The average Bonchev–Trinajstić information content (AvgIpc) is 3.00. The summed E-state index contributed by atoms with van der Waals surface area (Å²) in [6, 6.07) is 5.35. The van der Waals surface area contributed by atoms with E-state index < -0.39 is 0 Å². The molecule has 0 atom stereocenters. The molecule has 0 radical (unpaired) electrons. The Morgan fingerprint density at radius 3 is 2.62 bits per heavy atom. The average molecular weight is 220 g/mol. The van der Waals surface area contributed by atoms with Gasteiger partial charge >= 0.3 is 0 Å². The molecule has 1 spiro atoms. The molecule has 2 fully saturated rings. The fraction of sp³-hybridized carbons (Fsp3) is 0.538. The molecule has 16 heavy (non-hydrogen) atoms. The van der Waals surface area contributed by atoms with Crippen LogP contribution in [0, 0.1) is 11.2 Å². The number of nitrogens with two attached hydrogens (primary N) is 1. The standard InChI is InChI=1S/C13H17FN2/c14-12-5-10(6-15)1-2-11(12)7-16-8-13(9-16)3-4-13/h1-2,5H,3-4,6-9,15H2. The van der Waals surface area contributed by atoms with Gasteiger partial charge in [0.25, 0.3) is 0 Å². The Hall–Kier alpha value is -0.930. The van der Waals surface area contributed by atoms with Crippen molar-refractivity contribution in [2.24, 2.45) is 11.1 Å². The SMILES string of the molecule is NCc1ccc(CN2CC3(CC3)C2)c(F)c1. The van der Waals surface area contributed by atoms with Crippen molar-refractivity contribution < 1.29 is 4.39 Å². The summed E-state index contributed by atoms with van der Waals surface area (Å²) in [5, 5.41) is 0. The van der Waals surface area contributed by atoms with Crippen molar-refractivity contribution in [2.45, 2.75) is 25.9 Å². The van der Waals surface area contributed by atoms with E-state index in [1.54, 1.807) is 6.07 Å². The zero-order valence-corrected chi connectivity index (χ0v) is 9.38. The molecule has 1 saturated carbocycles. The highest BCUT2D eigenvalue weighted by atomic mass is 19.1. The number of likely N-dealkylation sites (tertiary alicyclic amines) is 1. The molecule has 1 saturated heterocycles. The summed E-state index contributed by atoms with van der Waals surface area (Å²) < 4.78 is 13.7. The lowest BCUT2D eigenvalue weighted by molar-refractivity contribution is 0.0727. The van der Waals surface area contributed by atoms with Crippen LogP contribution in [-0.2, 0) is 13.1 Å². The minimum absolute atomic E-state index is 0.111. The van der Waals surface area contributed by atoms with E-state index in [1.807, 2.05) is 12.1 Å². The third-order valence-corrected chi connectivity index (χ3v) is 3.82. The number of hydrogen-bond donors (Lipinski definition) is 1. The molecule has 1 aliphatic heterocycles. The highest BCUT2D eigenvalue weighted by Crippen LogP contribution is 2.53. The molecular weight excluding hydrogens is 203 g/mol. The number of halogens is 1. The van der Waals surface area contributed by atoms with E-state index >= 15 is 0 Å². The number of benzene rings is 1. The molecule has 3 rings (SSSR count). The van der Waals surface area contributed by atoms with Crippen molar-refractivity contribution in [1.82, 2.24) is 4.90 Å². The highest BCUT2D eigenvalue weighted by Gasteiger charge is 2.51. The molecule has 1 aromatic carbocycles. The van der Waals surface area contributed by atoms with E-state index in [9.17, 15) is 4.39 Å². The molecule has 2 nitrogen and oxygen atoms in total. The van der Waals surface area contributed by atoms with E-state index in [0.717, 1.165) is 30.8 Å². The Morgan fingerprint density at radius 2 is 2.06 bits per heavy atom. The summed E-state index contributed by atoms with van der Waals surface area (Å²) in [7, 11) is 0. The van der Waals surface area contributed by atoms with Gasteiger partial charge in [-0.25, -0.2) is 4.39 Å². The van der Waals surface area contributed by atoms with Gasteiger partial charge in [-0.2, -0.15) is 0 Å². The first-order chi connectivity index (χ1) is 7.71. The fourth-order valence-corrected chi connectivity index (χ4v) is 2.59. The largest absolute Gasteiger partial charge is 0.326 e. The molecule has 3 heteroatoms. The number of hydrogen-bond acceptors (Lipinski definition) is 2. The minimum Gasteiger partial charge on any atom is -0.326 e. The monoisotopic (exact) mass is 220 g/mol. The van der Waals surface area contributed by atoms with E-state index in [-0.39, 0.29) is 5.82 Å². The van der Waals surface area contributed by atoms with Gasteiger partial charge in [-0.05, 0) is 29.9 Å². The lowest BCUT2D eigenvalue weighted by atomic mass is 9.96. The molecule has 2 aliphatic rings. The fourth-order valence-electron chi connectivity index (χ4n) is 2.59. The molecular formula is C13H17FN2. The van der Waals surface area contributed by atoms with Gasteiger partial charge in [0, 0.05) is 31.7 Å². The first kappa shape index (κ1) is 10.2. The second kappa shape index (κ2) is 3.54. The van der Waals surface area contributed by atoms with Crippen LogP contribution in [0.1, 0.15) is 24.0 Å². The second-order valence-corrected chi connectivity index (χ2v) is 5.28. The van der Waals surface area contributed by atoms with Crippen LogP contribution in [0.3, 0.4) is 0 Å². The summed E-state index contributed by atoms with van der Waals surface area (Å²) in [6.07, 6.45) is 2.75. The molecule has 1 aliphatic carbocycles. The van der Waals surface area contributed by atoms with Gasteiger partial charge < -0.3 is 5.73 Å². The number of rotatable bonds is 3. The van der Waals surface area contributed by atoms with E-state index in [4.69, 9.17) is 5.73 Å². The van der Waals surface area contributed by atoms with E-state index in [1.165, 1.54) is 12.8 Å². The molecule has 86 valence electrons. The topological polar surface area (TPSA) is 29.3 Å². The third kappa shape index (κ3) is 1.74. The van der Waals surface area contributed by atoms with Crippen LogP contribution in [0.4, 0.5) is 4.39 Å². The summed E-state index contributed by atoms with van der Waals surface area (Å²) in [6.45, 7) is 3.47. The Labute approximate surface area is 95.2 Å². The summed E-state index contributed by atoms with van der Waals surface area (Å²) in [5.74, 6) is -0.111. The lowest BCUT2D eigenvalue weighted by Crippen LogP contribution is -2.47. The second-order valence-electron chi connectivity index (χ2n) is 5.28. The van der Waals surface area contributed by atoms with Crippen LogP contribution in [0.25, 0.3) is 0 Å². The lowest BCUT2D eigenvalue weighted by Gasteiger charge is -2.40. The van der Waals surface area contributed by atoms with Crippen molar-refractivity contribution in [1.29, 1.82) is 0 Å². The van der Waals surface area contributed by atoms with Crippen molar-refractivity contribution in [3.05, 3.63) is 35.1 Å². The van der Waals surface area contributed by atoms with E-state index in [2.05, 4.69) is 4.90 Å². The van der Waals surface area contributed by atoms with Crippen LogP contribution in [0.2, 0.25) is 0 Å². The Morgan fingerprint density at radius 1 is 1.31 bits per heavy atom. The van der Waals surface area contributed by atoms with Gasteiger partial charge in [-0.15, -0.1) is 0 Å². The van der Waals surface area contributed by atoms with Gasteiger partial charge in [0.2, 0.25) is 0 Å². The van der Waals surface area contributed by atoms with Crippen LogP contribution in [0.5, 0.6) is 0 Å². The smallest absolute Gasteiger partial charge is 0.128 e. The van der Waals surface area contributed by atoms with Gasteiger partial charge in [-0.1, -0.05) is 12.1 Å². The number of nitrogens with zero attached hydrogens (tertiary/aromatic N) is 1. The maximum Gasteiger partial charge on any atom is 0.128 e. The van der Waals surface area contributed by atoms with Gasteiger partial charge in [-0.3, -0.25) is 4.90 Å². The molecule has 0 unspecified atom stereocenters. The van der Waals surface area contributed by atoms with Crippen LogP contribution < -0.4 is 5.73 Å². The summed E-state index contributed by atoms with van der Waals surface area (Å²) >= 11 is 0. The normalized spacial score (nSPS) is 22.1. The maximum atomic E-state index is 13.7. The Kier molecular flexibility index (Phi) is 2.26. The minimum atomic E-state index is -0.111. The molecule has 0 aromatic heterocycles. The van der Waals surface area contributed by atoms with E-state index in [0.29, 0.717) is 12.0 Å². The van der Waals surface area contributed by atoms with Crippen LogP contribution in [0.15, 0.2) is 18.2 Å².